The van der Waals surface area contributed by atoms with Crippen LogP contribution < -0.4 is 0 Å². The molecule has 0 radical (unpaired) electrons. The number of hydrogen-bond donors (Lipinski definition) is 1. The van der Waals surface area contributed by atoms with Crippen LogP contribution in [0.5, 0.6) is 0 Å². The van der Waals surface area contributed by atoms with E-state index in [-0.39, 0.29) is 5.82 Å². The Morgan fingerprint density at radius 1 is 1.50 bits per heavy atom. The maximum absolute atomic E-state index is 12.7. The molecule has 0 unspecified atom stereocenters. The first kappa shape index (κ1) is 8.08. The summed E-state index contributed by atoms with van der Waals surface area (Å²) in [5.74, 6) is -0.291. The van der Waals surface area contributed by atoms with Gasteiger partial charge >= 0.3 is 0 Å². The largest absolute Gasteiger partial charge is 0.206 e. The molecule has 54 valence electrons. The third-order valence-electron chi connectivity index (χ3n) is 1.23. The van der Waals surface area contributed by atoms with Crippen molar-refractivity contribution in [2.75, 3.05) is 0 Å². The van der Waals surface area contributed by atoms with E-state index in [0.29, 0.717) is 4.90 Å². The minimum absolute atomic E-state index is 0.291. The van der Waals surface area contributed by atoms with Gasteiger partial charge in [0.15, 0.2) is 0 Å². The first-order chi connectivity index (χ1) is 4.61. The van der Waals surface area contributed by atoms with Gasteiger partial charge in [0.2, 0.25) is 0 Å². The Labute approximate surface area is 73.0 Å². The maximum Gasteiger partial charge on any atom is 0.137 e. The zero-order valence-corrected chi connectivity index (χ0v) is 7.84. The molecule has 0 amide bonds. The van der Waals surface area contributed by atoms with Gasteiger partial charge in [-0.15, -0.1) is 12.6 Å². The van der Waals surface area contributed by atoms with E-state index < -0.39 is 0 Å². The summed E-state index contributed by atoms with van der Waals surface area (Å²) in [5.41, 5.74) is 0.992. The van der Waals surface area contributed by atoms with Crippen LogP contribution in [0.15, 0.2) is 21.5 Å². The number of aryl methyl sites for hydroxylation is 1. The highest BCUT2D eigenvalue weighted by atomic mass is 79.9. The molecule has 0 heterocycles. The smallest absolute Gasteiger partial charge is 0.137 e. The number of halogens is 2. The highest BCUT2D eigenvalue weighted by Gasteiger charge is 2.00. The Bertz CT molecular complexity index is 210. The molecule has 0 saturated heterocycles. The second kappa shape index (κ2) is 2.93. The Balaban J connectivity index is 3.28. The molecule has 0 aromatic heterocycles. The average Bonchev–Trinajstić information content (AvgIpc) is 1.84. The van der Waals surface area contributed by atoms with Crippen molar-refractivity contribution in [2.45, 2.75) is 11.8 Å². The lowest BCUT2D eigenvalue weighted by atomic mass is 10.2. The number of hydrogen-bond acceptors (Lipinski definition) is 1. The van der Waals surface area contributed by atoms with Gasteiger partial charge in [-0.3, -0.25) is 0 Å². The van der Waals surface area contributed by atoms with Crippen LogP contribution in [0.25, 0.3) is 0 Å². The lowest BCUT2D eigenvalue weighted by molar-refractivity contribution is 0.601. The lowest BCUT2D eigenvalue weighted by Gasteiger charge is -1.99. The zero-order chi connectivity index (χ0) is 7.72. The summed E-state index contributed by atoms with van der Waals surface area (Å²) in [6.45, 7) is 1.89. The van der Waals surface area contributed by atoms with Crippen LogP contribution in [0.4, 0.5) is 4.39 Å². The molecule has 3 heteroatoms. The predicted octanol–water partition coefficient (Wildman–Crippen LogP) is 3.19. The maximum atomic E-state index is 12.7. The second-order valence-electron chi connectivity index (χ2n) is 2.05. The Kier molecular flexibility index (Phi) is 2.36. The van der Waals surface area contributed by atoms with Crippen molar-refractivity contribution in [2.24, 2.45) is 0 Å². The summed E-state index contributed by atoms with van der Waals surface area (Å²) in [4.78, 5) is 0.390. The van der Waals surface area contributed by atoms with E-state index in [1.807, 2.05) is 6.92 Å². The molecule has 1 aromatic carbocycles. The quantitative estimate of drug-likeness (QED) is 0.639. The molecule has 0 spiro atoms. The Hall–Kier alpha value is -0.0200. The van der Waals surface area contributed by atoms with Crippen molar-refractivity contribution in [3.63, 3.8) is 0 Å². The van der Waals surface area contributed by atoms with Gasteiger partial charge in [0.25, 0.3) is 0 Å². The molecule has 1 rings (SSSR count). The van der Waals surface area contributed by atoms with Gasteiger partial charge in [-0.05, 0) is 24.6 Å². The van der Waals surface area contributed by atoms with Gasteiger partial charge in [0.05, 0.1) is 0 Å². The molecule has 0 aliphatic heterocycles. The summed E-state index contributed by atoms with van der Waals surface area (Å²) in [6.07, 6.45) is 0. The summed E-state index contributed by atoms with van der Waals surface area (Å²) >= 11 is 7.13. The summed E-state index contributed by atoms with van der Waals surface area (Å²) in [6, 6.07) is 3.10. The van der Waals surface area contributed by atoms with Crippen LogP contribution in [0.1, 0.15) is 5.56 Å². The molecular weight excluding hydrogens is 215 g/mol. The first-order valence-corrected chi connectivity index (χ1v) is 4.00. The standard InChI is InChI=1S/C7H6BrFS/c1-4-2-7(10)6(9)3-5(4)8/h2-3,10H,1H3. The molecular formula is C7H6BrFS. The molecule has 0 aliphatic rings. The fourth-order valence-corrected chi connectivity index (χ4v) is 1.22. The van der Waals surface area contributed by atoms with Gasteiger partial charge in [-0.2, -0.15) is 0 Å². The van der Waals surface area contributed by atoms with Crippen LogP contribution in [0.3, 0.4) is 0 Å². The summed E-state index contributed by atoms with van der Waals surface area (Å²) in [5, 5.41) is 0. The monoisotopic (exact) mass is 220 g/mol. The summed E-state index contributed by atoms with van der Waals surface area (Å²) < 4.78 is 13.4. The van der Waals surface area contributed by atoms with Crippen LogP contribution in [-0.4, -0.2) is 0 Å². The fraction of sp³-hybridized carbons (Fsp3) is 0.143. The molecule has 0 nitrogen and oxygen atoms in total. The van der Waals surface area contributed by atoms with Crippen molar-refractivity contribution < 1.29 is 4.39 Å². The van der Waals surface area contributed by atoms with Crippen molar-refractivity contribution in [1.82, 2.24) is 0 Å². The fourth-order valence-electron chi connectivity index (χ4n) is 0.642. The van der Waals surface area contributed by atoms with E-state index in [0.717, 1.165) is 10.0 Å². The van der Waals surface area contributed by atoms with E-state index >= 15 is 0 Å². The van der Waals surface area contributed by atoms with Crippen LogP contribution in [0.2, 0.25) is 0 Å². The molecule has 0 fully saturated rings. The average molecular weight is 221 g/mol. The van der Waals surface area contributed by atoms with E-state index in [1.54, 1.807) is 6.07 Å². The molecule has 10 heavy (non-hydrogen) atoms. The summed E-state index contributed by atoms with van der Waals surface area (Å²) in [7, 11) is 0. The molecule has 0 atom stereocenters. The van der Waals surface area contributed by atoms with E-state index in [9.17, 15) is 4.39 Å². The SMILES string of the molecule is Cc1cc(S)c(F)cc1Br. The Morgan fingerprint density at radius 2 is 2.10 bits per heavy atom. The lowest BCUT2D eigenvalue weighted by Crippen LogP contribution is -1.81. The Morgan fingerprint density at radius 3 is 2.60 bits per heavy atom. The number of rotatable bonds is 0. The highest BCUT2D eigenvalue weighted by molar-refractivity contribution is 9.10. The topological polar surface area (TPSA) is 0 Å². The highest BCUT2D eigenvalue weighted by Crippen LogP contribution is 2.22. The second-order valence-corrected chi connectivity index (χ2v) is 3.39. The molecule has 0 bridgehead atoms. The van der Waals surface area contributed by atoms with Crippen molar-refractivity contribution in [3.05, 3.63) is 28.0 Å². The van der Waals surface area contributed by atoms with Crippen LogP contribution >= 0.6 is 28.6 Å². The van der Waals surface area contributed by atoms with E-state index in [2.05, 4.69) is 28.6 Å². The normalized spacial score (nSPS) is 10.0. The minimum atomic E-state index is -0.291. The van der Waals surface area contributed by atoms with E-state index in [1.165, 1.54) is 6.07 Å². The van der Waals surface area contributed by atoms with Crippen LogP contribution in [-0.2, 0) is 0 Å². The third kappa shape index (κ3) is 1.52. The molecule has 0 saturated carbocycles. The zero-order valence-electron chi connectivity index (χ0n) is 5.36. The number of thiol groups is 1. The van der Waals surface area contributed by atoms with Gasteiger partial charge in [0.1, 0.15) is 5.82 Å². The third-order valence-corrected chi connectivity index (χ3v) is 2.43. The minimum Gasteiger partial charge on any atom is -0.206 e. The van der Waals surface area contributed by atoms with E-state index in [4.69, 9.17) is 0 Å². The van der Waals surface area contributed by atoms with Gasteiger partial charge in [-0.1, -0.05) is 15.9 Å². The van der Waals surface area contributed by atoms with Crippen molar-refractivity contribution in [3.8, 4) is 0 Å². The van der Waals surface area contributed by atoms with Crippen molar-refractivity contribution in [1.29, 1.82) is 0 Å². The molecule has 0 N–H and O–H groups in total. The first-order valence-electron chi connectivity index (χ1n) is 2.76. The predicted molar refractivity (Wildman–Crippen MR) is 46.1 cm³/mol. The number of benzene rings is 1. The molecule has 0 aliphatic carbocycles. The van der Waals surface area contributed by atoms with Gasteiger partial charge < -0.3 is 0 Å². The van der Waals surface area contributed by atoms with Crippen molar-refractivity contribution >= 4 is 28.6 Å². The van der Waals surface area contributed by atoms with Crippen LogP contribution in [0, 0.1) is 12.7 Å². The molecule has 1 aromatic rings. The van der Waals surface area contributed by atoms with Gasteiger partial charge in [0, 0.05) is 9.37 Å². The van der Waals surface area contributed by atoms with Gasteiger partial charge in [-0.25, -0.2) is 4.39 Å².